The summed E-state index contributed by atoms with van der Waals surface area (Å²) in [5.74, 6) is -3.75. The van der Waals surface area contributed by atoms with E-state index in [2.05, 4.69) is 20.6 Å². The van der Waals surface area contributed by atoms with Gasteiger partial charge in [0.1, 0.15) is 17.5 Å². The van der Waals surface area contributed by atoms with Gasteiger partial charge in [0.25, 0.3) is 5.56 Å². The van der Waals surface area contributed by atoms with Crippen molar-refractivity contribution >= 4 is 46.7 Å². The number of H-pyrrole nitrogens is 1. The highest BCUT2D eigenvalue weighted by molar-refractivity contribution is 7.98. The quantitative estimate of drug-likeness (QED) is 0.380. The number of rotatable bonds is 5. The molecule has 2 aromatic carbocycles. The molecule has 1 unspecified atom stereocenters. The normalized spacial score (nSPS) is 15.1. The Labute approximate surface area is 189 Å². The molecule has 164 valence electrons. The van der Waals surface area contributed by atoms with E-state index >= 15 is 0 Å². The Balaban J connectivity index is 1.59. The number of carbonyl (C=O) groups excluding carboxylic acids is 2. The molecule has 1 aliphatic heterocycles. The number of halogens is 3. The average molecular weight is 477 g/mol. The van der Waals surface area contributed by atoms with Gasteiger partial charge >= 0.3 is 0 Å². The number of hydrogen-bond acceptors (Lipinski definition) is 5. The van der Waals surface area contributed by atoms with Crippen molar-refractivity contribution in [3.05, 3.63) is 80.6 Å². The largest absolute Gasteiger partial charge is 0.323 e. The molecule has 1 aromatic heterocycles. The molecule has 0 bridgehead atoms. The zero-order valence-electron chi connectivity index (χ0n) is 16.2. The molecule has 2 amide bonds. The van der Waals surface area contributed by atoms with Crippen LogP contribution >= 0.6 is 23.4 Å². The Morgan fingerprint density at radius 3 is 2.81 bits per heavy atom. The molecular weight excluding hydrogens is 462 g/mol. The monoisotopic (exact) mass is 476 g/mol. The van der Waals surface area contributed by atoms with Crippen molar-refractivity contribution < 1.29 is 18.4 Å². The third-order valence-electron chi connectivity index (χ3n) is 4.70. The van der Waals surface area contributed by atoms with Crippen LogP contribution in [-0.2, 0) is 15.3 Å². The lowest BCUT2D eigenvalue weighted by atomic mass is 9.92. The Kier molecular flexibility index (Phi) is 6.24. The summed E-state index contributed by atoms with van der Waals surface area (Å²) in [7, 11) is 0. The molecule has 2 heterocycles. The minimum absolute atomic E-state index is 0.0431. The zero-order valence-corrected chi connectivity index (χ0v) is 17.8. The molecule has 0 aliphatic carbocycles. The van der Waals surface area contributed by atoms with Crippen LogP contribution in [0.15, 0.2) is 52.4 Å². The predicted molar refractivity (Wildman–Crippen MR) is 117 cm³/mol. The molecule has 32 heavy (non-hydrogen) atoms. The van der Waals surface area contributed by atoms with Gasteiger partial charge in [-0.3, -0.25) is 14.4 Å². The number of benzene rings is 2. The summed E-state index contributed by atoms with van der Waals surface area (Å²) in [6, 6.07) is 9.77. The van der Waals surface area contributed by atoms with Gasteiger partial charge in [0, 0.05) is 23.3 Å². The number of fused-ring (bicyclic) bond motifs is 1. The lowest BCUT2D eigenvalue weighted by Gasteiger charge is -2.23. The van der Waals surface area contributed by atoms with Crippen molar-refractivity contribution in [3.63, 3.8) is 0 Å². The summed E-state index contributed by atoms with van der Waals surface area (Å²) in [5.41, 5.74) is -0.142. The summed E-state index contributed by atoms with van der Waals surface area (Å²) < 4.78 is 27.3. The van der Waals surface area contributed by atoms with E-state index < -0.39 is 34.9 Å². The molecule has 1 atom stereocenters. The number of aromatic amines is 1. The minimum atomic E-state index is -1.22. The lowest BCUT2D eigenvalue weighted by molar-refractivity contribution is -0.123. The van der Waals surface area contributed by atoms with Gasteiger partial charge in [0.15, 0.2) is 5.16 Å². The predicted octanol–water partition coefficient (Wildman–Crippen LogP) is 4.06. The molecule has 0 saturated heterocycles. The third-order valence-corrected chi connectivity index (χ3v) is 5.88. The molecule has 4 rings (SSSR count). The SMILES string of the molecule is O=C1CC(C(=O)Nc2cc(F)ccc2F)c2c(nc(SCc3cccc(Cl)c3)[nH]c2=O)N1. The standard InChI is InChI=1S/C21H15ClF2N4O3S/c22-11-3-1-2-10(6-11)9-32-21-27-18-17(20(31)28-21)13(8-16(29)26-18)19(30)25-15-7-12(23)4-5-14(15)24/h1-7,13H,8-9H2,(H,25,30)(H2,26,27,28,29,31). The van der Waals surface area contributed by atoms with Gasteiger partial charge in [-0.05, 0) is 29.8 Å². The van der Waals surface area contributed by atoms with Crippen LogP contribution in [0.1, 0.15) is 23.5 Å². The van der Waals surface area contributed by atoms with Gasteiger partial charge in [-0.15, -0.1) is 0 Å². The van der Waals surface area contributed by atoms with Crippen LogP contribution in [0.2, 0.25) is 5.02 Å². The summed E-state index contributed by atoms with van der Waals surface area (Å²) in [5, 5.41) is 5.56. The maximum absolute atomic E-state index is 13.9. The lowest BCUT2D eigenvalue weighted by Crippen LogP contribution is -2.36. The Bertz CT molecular complexity index is 1280. The summed E-state index contributed by atoms with van der Waals surface area (Å²) in [6.07, 6.45) is -0.338. The second kappa shape index (κ2) is 9.09. The number of nitrogens with zero attached hydrogens (tertiary/aromatic N) is 1. The number of aromatic nitrogens is 2. The first kappa shape index (κ1) is 22.0. The fourth-order valence-electron chi connectivity index (χ4n) is 3.23. The number of anilines is 2. The van der Waals surface area contributed by atoms with Crippen molar-refractivity contribution in [3.8, 4) is 0 Å². The molecule has 0 spiro atoms. The fourth-order valence-corrected chi connectivity index (χ4v) is 4.25. The van der Waals surface area contributed by atoms with Crippen LogP contribution in [-0.4, -0.2) is 21.8 Å². The molecule has 0 fully saturated rings. The molecule has 0 radical (unpaired) electrons. The first-order chi connectivity index (χ1) is 15.3. The molecule has 1 aliphatic rings. The van der Waals surface area contributed by atoms with Crippen molar-refractivity contribution in [2.75, 3.05) is 10.6 Å². The highest BCUT2D eigenvalue weighted by Crippen LogP contribution is 2.31. The first-order valence-electron chi connectivity index (χ1n) is 9.37. The molecule has 7 nitrogen and oxygen atoms in total. The second-order valence-electron chi connectivity index (χ2n) is 6.97. The van der Waals surface area contributed by atoms with Crippen LogP contribution in [0.5, 0.6) is 0 Å². The van der Waals surface area contributed by atoms with E-state index in [1.807, 2.05) is 6.07 Å². The molecule has 11 heteroatoms. The topological polar surface area (TPSA) is 104 Å². The summed E-state index contributed by atoms with van der Waals surface area (Å²) in [4.78, 5) is 44.5. The number of carbonyl (C=O) groups is 2. The zero-order chi connectivity index (χ0) is 22.8. The van der Waals surface area contributed by atoms with Gasteiger partial charge in [-0.2, -0.15) is 0 Å². The molecule has 0 saturated carbocycles. The number of nitrogens with one attached hydrogen (secondary N) is 3. The van der Waals surface area contributed by atoms with E-state index in [0.29, 0.717) is 10.8 Å². The Morgan fingerprint density at radius 2 is 2.03 bits per heavy atom. The van der Waals surface area contributed by atoms with Crippen molar-refractivity contribution in [1.29, 1.82) is 0 Å². The van der Waals surface area contributed by atoms with E-state index in [1.54, 1.807) is 18.2 Å². The minimum Gasteiger partial charge on any atom is -0.323 e. The van der Waals surface area contributed by atoms with E-state index in [4.69, 9.17) is 11.6 Å². The van der Waals surface area contributed by atoms with Crippen molar-refractivity contribution in [2.24, 2.45) is 0 Å². The van der Waals surface area contributed by atoms with E-state index in [9.17, 15) is 23.2 Å². The van der Waals surface area contributed by atoms with E-state index in [1.165, 1.54) is 11.8 Å². The van der Waals surface area contributed by atoms with Gasteiger partial charge in [-0.1, -0.05) is 35.5 Å². The van der Waals surface area contributed by atoms with Gasteiger partial charge in [0.05, 0.1) is 17.2 Å². The Morgan fingerprint density at radius 1 is 1.22 bits per heavy atom. The Hall–Kier alpha value is -3.24. The van der Waals surface area contributed by atoms with Crippen LogP contribution in [0.25, 0.3) is 0 Å². The summed E-state index contributed by atoms with van der Waals surface area (Å²) >= 11 is 7.19. The molecular formula is C21H15ClF2N4O3S. The fraction of sp³-hybridized carbons (Fsp3) is 0.143. The first-order valence-corrected chi connectivity index (χ1v) is 10.7. The van der Waals surface area contributed by atoms with Crippen LogP contribution in [0.4, 0.5) is 20.3 Å². The average Bonchev–Trinajstić information content (AvgIpc) is 2.74. The van der Waals surface area contributed by atoms with Crippen molar-refractivity contribution in [2.45, 2.75) is 23.2 Å². The van der Waals surface area contributed by atoms with E-state index in [0.717, 1.165) is 23.8 Å². The van der Waals surface area contributed by atoms with E-state index in [-0.39, 0.29) is 28.6 Å². The van der Waals surface area contributed by atoms with Gasteiger partial charge < -0.3 is 15.6 Å². The highest BCUT2D eigenvalue weighted by Gasteiger charge is 2.35. The third kappa shape index (κ3) is 4.81. The molecule has 3 aromatic rings. The van der Waals surface area contributed by atoms with Crippen molar-refractivity contribution in [1.82, 2.24) is 9.97 Å². The van der Waals surface area contributed by atoms with Gasteiger partial charge in [-0.25, -0.2) is 13.8 Å². The second-order valence-corrected chi connectivity index (χ2v) is 8.37. The van der Waals surface area contributed by atoms with Gasteiger partial charge in [0.2, 0.25) is 11.8 Å². The smallest absolute Gasteiger partial charge is 0.257 e. The maximum Gasteiger partial charge on any atom is 0.257 e. The number of thioether (sulfide) groups is 1. The maximum atomic E-state index is 13.9. The van der Waals surface area contributed by atoms with Crippen LogP contribution in [0.3, 0.4) is 0 Å². The molecule has 3 N–H and O–H groups in total. The summed E-state index contributed by atoms with van der Waals surface area (Å²) in [6.45, 7) is 0. The number of amides is 2. The highest BCUT2D eigenvalue weighted by atomic mass is 35.5. The van der Waals surface area contributed by atoms with Crippen LogP contribution in [0, 0.1) is 11.6 Å². The van der Waals surface area contributed by atoms with Crippen LogP contribution < -0.4 is 16.2 Å². The number of hydrogen-bond donors (Lipinski definition) is 3.